The fourth-order valence-corrected chi connectivity index (χ4v) is 10.5. The second-order valence-corrected chi connectivity index (χ2v) is 16.1. The van der Waals surface area contributed by atoms with E-state index in [-0.39, 0.29) is 23.0 Å². The molecule has 0 radical (unpaired) electrons. The van der Waals surface area contributed by atoms with Crippen LogP contribution < -0.4 is 19.8 Å². The minimum Gasteiger partial charge on any atom is -0.493 e. The number of hydrogen-bond donors (Lipinski definition) is 0. The van der Waals surface area contributed by atoms with E-state index in [2.05, 4.69) is 88.4 Å². The summed E-state index contributed by atoms with van der Waals surface area (Å²) in [6.07, 6.45) is 1.58. The Morgan fingerprint density at radius 3 is 2.07 bits per heavy atom. The molecule has 1 heterocycles. The Hall–Kier alpha value is -2.97. The van der Waals surface area contributed by atoms with Crippen molar-refractivity contribution in [2.24, 2.45) is 11.8 Å². The third-order valence-electron chi connectivity index (χ3n) is 8.10. The van der Waals surface area contributed by atoms with Crippen LogP contribution in [0.25, 0.3) is 0 Å². The van der Waals surface area contributed by atoms with Crippen LogP contribution in [-0.4, -0.2) is 54.4 Å². The Morgan fingerprint density at radius 1 is 0.927 bits per heavy atom. The van der Waals surface area contributed by atoms with Crippen LogP contribution in [0.2, 0.25) is 5.04 Å². The first kappa shape index (κ1) is 31.0. The summed E-state index contributed by atoms with van der Waals surface area (Å²) in [6.45, 7) is 9.91. The third kappa shape index (κ3) is 6.92. The van der Waals surface area contributed by atoms with Crippen molar-refractivity contribution in [3.05, 3.63) is 84.4 Å². The van der Waals surface area contributed by atoms with Gasteiger partial charge in [0.15, 0.2) is 17.8 Å². The van der Waals surface area contributed by atoms with E-state index in [1.165, 1.54) is 10.4 Å². The van der Waals surface area contributed by atoms with E-state index < -0.39 is 14.6 Å². The first-order valence-electron chi connectivity index (χ1n) is 14.4. The summed E-state index contributed by atoms with van der Waals surface area (Å²) in [5.74, 6) is 1.12. The van der Waals surface area contributed by atoms with Crippen LogP contribution in [0.3, 0.4) is 0 Å². The summed E-state index contributed by atoms with van der Waals surface area (Å²) in [6, 6.07) is 27.1. The van der Waals surface area contributed by atoms with Gasteiger partial charge in [0, 0.05) is 13.0 Å². The molecule has 7 heteroatoms. The highest BCUT2D eigenvalue weighted by Gasteiger charge is 2.50. The molecule has 0 aliphatic carbocycles. The molecule has 41 heavy (non-hydrogen) atoms. The summed E-state index contributed by atoms with van der Waals surface area (Å²) >= 11 is 0. The lowest BCUT2D eigenvalue weighted by molar-refractivity contribution is -0.241. The molecule has 0 saturated carbocycles. The van der Waals surface area contributed by atoms with Crippen molar-refractivity contribution in [1.82, 2.24) is 0 Å². The van der Waals surface area contributed by atoms with Crippen LogP contribution in [0.4, 0.5) is 0 Å². The molecular formula is C34H44O6Si. The van der Waals surface area contributed by atoms with Gasteiger partial charge in [0.05, 0.1) is 32.8 Å². The maximum atomic E-state index is 12.0. The molecule has 3 aromatic rings. The van der Waals surface area contributed by atoms with Gasteiger partial charge < -0.3 is 28.2 Å². The smallest absolute Gasteiger partial charge is 0.261 e. The Morgan fingerprint density at radius 2 is 1.54 bits per heavy atom. The lowest BCUT2D eigenvalue weighted by Crippen LogP contribution is -2.66. The Labute approximate surface area is 246 Å². The highest BCUT2D eigenvalue weighted by atomic mass is 28.4. The van der Waals surface area contributed by atoms with Crippen molar-refractivity contribution in [2.45, 2.75) is 58.0 Å². The number of rotatable bonds is 12. The van der Waals surface area contributed by atoms with Crippen molar-refractivity contribution >= 4 is 25.0 Å². The average Bonchev–Trinajstić information content (AvgIpc) is 2.99. The van der Waals surface area contributed by atoms with Crippen molar-refractivity contribution in [3.63, 3.8) is 0 Å². The van der Waals surface area contributed by atoms with Gasteiger partial charge >= 0.3 is 0 Å². The molecule has 3 aromatic carbocycles. The molecule has 4 atom stereocenters. The summed E-state index contributed by atoms with van der Waals surface area (Å²) < 4.78 is 30.3. The van der Waals surface area contributed by atoms with Crippen LogP contribution in [0.1, 0.15) is 39.7 Å². The van der Waals surface area contributed by atoms with Crippen LogP contribution in [0, 0.1) is 11.8 Å². The van der Waals surface area contributed by atoms with Gasteiger partial charge in [-0.2, -0.15) is 0 Å². The third-order valence-corrected chi connectivity index (χ3v) is 13.1. The minimum absolute atomic E-state index is 0.0933. The van der Waals surface area contributed by atoms with Crippen LogP contribution in [0.5, 0.6) is 11.5 Å². The van der Waals surface area contributed by atoms with Crippen LogP contribution in [-0.2, 0) is 25.1 Å². The predicted octanol–water partition coefficient (Wildman–Crippen LogP) is 5.41. The first-order chi connectivity index (χ1) is 19.7. The molecule has 0 aromatic heterocycles. The second-order valence-electron chi connectivity index (χ2n) is 11.8. The molecular weight excluding hydrogens is 532 g/mol. The van der Waals surface area contributed by atoms with Crippen LogP contribution >= 0.6 is 0 Å². The van der Waals surface area contributed by atoms with Crippen molar-refractivity contribution in [1.29, 1.82) is 0 Å². The zero-order valence-electron chi connectivity index (χ0n) is 25.2. The maximum Gasteiger partial charge on any atom is 0.261 e. The molecule has 0 spiro atoms. The molecule has 0 N–H and O–H groups in total. The SMILES string of the molecule is COc1ccc(C[C@@H]2OC[C@@H](C=O)[C@H]([C@H](C)CCO[Si](c3ccccc3)(c3ccccc3)C(C)(C)C)O2)cc1OC. The number of hydrogen-bond acceptors (Lipinski definition) is 6. The Balaban J connectivity index is 1.49. The summed E-state index contributed by atoms with van der Waals surface area (Å²) in [4.78, 5) is 12.0. The van der Waals surface area contributed by atoms with Gasteiger partial charge in [0.25, 0.3) is 8.32 Å². The molecule has 0 bridgehead atoms. The number of ether oxygens (including phenoxy) is 4. The summed E-state index contributed by atoms with van der Waals surface area (Å²) in [5, 5.41) is 2.42. The minimum atomic E-state index is -2.63. The van der Waals surface area contributed by atoms with Crippen molar-refractivity contribution in [3.8, 4) is 11.5 Å². The predicted molar refractivity (Wildman–Crippen MR) is 165 cm³/mol. The molecule has 220 valence electrons. The largest absolute Gasteiger partial charge is 0.493 e. The average molecular weight is 577 g/mol. The van der Waals surface area contributed by atoms with E-state index in [4.69, 9.17) is 23.4 Å². The molecule has 1 fully saturated rings. The lowest BCUT2D eigenvalue weighted by Gasteiger charge is -2.43. The first-order valence-corrected chi connectivity index (χ1v) is 16.3. The zero-order chi connectivity index (χ0) is 29.5. The van der Waals surface area contributed by atoms with Gasteiger partial charge in [0.1, 0.15) is 6.29 Å². The monoisotopic (exact) mass is 576 g/mol. The van der Waals surface area contributed by atoms with Gasteiger partial charge in [-0.15, -0.1) is 0 Å². The number of benzene rings is 3. The number of carbonyl (C=O) groups excluding carboxylic acids is 1. The van der Waals surface area contributed by atoms with Gasteiger partial charge in [-0.3, -0.25) is 0 Å². The fourth-order valence-electron chi connectivity index (χ4n) is 5.93. The number of methoxy groups -OCH3 is 2. The molecule has 1 aliphatic heterocycles. The van der Waals surface area contributed by atoms with Crippen molar-refractivity contribution < 1.29 is 28.2 Å². The van der Waals surface area contributed by atoms with E-state index >= 15 is 0 Å². The number of carbonyl (C=O) groups is 1. The Kier molecular flexibility index (Phi) is 10.4. The lowest BCUT2D eigenvalue weighted by atomic mass is 9.90. The normalized spacial score (nSPS) is 20.3. The van der Waals surface area contributed by atoms with Gasteiger partial charge in [-0.05, 0) is 45.4 Å². The molecule has 1 aliphatic rings. The van der Waals surface area contributed by atoms with E-state index in [1.807, 2.05) is 18.2 Å². The van der Waals surface area contributed by atoms with E-state index in [1.54, 1.807) is 14.2 Å². The Bertz CT molecular complexity index is 1200. The molecule has 0 amide bonds. The summed E-state index contributed by atoms with van der Waals surface area (Å²) in [7, 11) is 0.611. The van der Waals surface area contributed by atoms with E-state index in [9.17, 15) is 4.79 Å². The molecule has 1 saturated heterocycles. The quantitative estimate of drug-likeness (QED) is 0.212. The zero-order valence-corrected chi connectivity index (χ0v) is 26.2. The van der Waals surface area contributed by atoms with Gasteiger partial charge in [-0.25, -0.2) is 0 Å². The van der Waals surface area contributed by atoms with Crippen LogP contribution in [0.15, 0.2) is 78.9 Å². The molecule has 0 unspecified atom stereocenters. The maximum absolute atomic E-state index is 12.0. The van der Waals surface area contributed by atoms with E-state index in [0.717, 1.165) is 18.3 Å². The van der Waals surface area contributed by atoms with Gasteiger partial charge in [-0.1, -0.05) is 94.4 Å². The highest BCUT2D eigenvalue weighted by Crippen LogP contribution is 2.37. The topological polar surface area (TPSA) is 63.2 Å². The molecule has 4 rings (SSSR count). The molecule has 6 nitrogen and oxygen atoms in total. The second kappa shape index (κ2) is 13.8. The number of aldehydes is 1. The summed E-state index contributed by atoms with van der Waals surface area (Å²) in [5.41, 5.74) is 1.01. The van der Waals surface area contributed by atoms with Gasteiger partial charge in [0.2, 0.25) is 0 Å². The van der Waals surface area contributed by atoms with E-state index in [0.29, 0.717) is 31.1 Å². The standard InChI is InChI=1S/C34H44O6Si/c1-25(33-27(23-35)24-38-32(40-33)22-26-17-18-30(36-5)31(21-26)37-6)19-20-39-41(34(2,3)4,28-13-9-7-10-14-28)29-15-11-8-12-16-29/h7-18,21,23,25,27,32-33H,19-20,22,24H2,1-6H3/t25-,27-,32-,33+/m1/s1. The van der Waals surface area contributed by atoms with Crippen molar-refractivity contribution in [2.75, 3.05) is 27.4 Å². The fraction of sp³-hybridized carbons (Fsp3) is 0.441. The highest BCUT2D eigenvalue weighted by molar-refractivity contribution is 6.99.